The highest BCUT2D eigenvalue weighted by Gasteiger charge is 2.17. The van der Waals surface area contributed by atoms with Crippen LogP contribution in [0.1, 0.15) is 30.6 Å². The number of hydrogen-bond acceptors (Lipinski definition) is 2. The first kappa shape index (κ1) is 10.7. The van der Waals surface area contributed by atoms with Crippen LogP contribution < -0.4 is 5.73 Å². The van der Waals surface area contributed by atoms with Gasteiger partial charge in [0, 0.05) is 23.8 Å². The van der Waals surface area contributed by atoms with Crippen molar-refractivity contribution in [3.63, 3.8) is 0 Å². The maximum absolute atomic E-state index is 5.97. The molecule has 1 heterocycles. The van der Waals surface area contributed by atoms with Gasteiger partial charge in [-0.15, -0.1) is 11.3 Å². The smallest absolute Gasteiger partial charge is 0.0968 e. The number of hydrogen-bond donors (Lipinski definition) is 1. The Morgan fingerprint density at radius 2 is 2.27 bits per heavy atom. The van der Waals surface area contributed by atoms with Gasteiger partial charge in [-0.25, -0.2) is 0 Å². The van der Waals surface area contributed by atoms with Gasteiger partial charge in [-0.2, -0.15) is 0 Å². The van der Waals surface area contributed by atoms with Gasteiger partial charge in [-0.1, -0.05) is 18.9 Å². The molecular formula is C12H18N2S. The lowest BCUT2D eigenvalue weighted by Crippen LogP contribution is -2.21. The van der Waals surface area contributed by atoms with Crippen molar-refractivity contribution in [2.24, 2.45) is 16.6 Å². The quantitative estimate of drug-likeness (QED) is 0.617. The monoisotopic (exact) mass is 222 g/mol. The Bertz CT molecular complexity index is 310. The number of amidine groups is 1. The highest BCUT2D eigenvalue weighted by molar-refractivity contribution is 7.09. The summed E-state index contributed by atoms with van der Waals surface area (Å²) in [4.78, 5) is 5.88. The van der Waals surface area contributed by atoms with Crippen molar-refractivity contribution >= 4 is 17.2 Å². The maximum atomic E-state index is 5.97. The van der Waals surface area contributed by atoms with Gasteiger partial charge in [-0.05, 0) is 24.3 Å². The third-order valence-electron chi connectivity index (χ3n) is 3.01. The molecule has 2 nitrogen and oxygen atoms in total. The van der Waals surface area contributed by atoms with E-state index in [2.05, 4.69) is 22.5 Å². The maximum Gasteiger partial charge on any atom is 0.0968 e. The Morgan fingerprint density at radius 1 is 1.47 bits per heavy atom. The highest BCUT2D eigenvalue weighted by Crippen LogP contribution is 2.24. The Kier molecular flexibility index (Phi) is 3.78. The summed E-state index contributed by atoms with van der Waals surface area (Å²) < 4.78 is 0. The van der Waals surface area contributed by atoms with Crippen LogP contribution >= 0.6 is 11.3 Å². The van der Waals surface area contributed by atoms with E-state index in [1.165, 1.54) is 30.6 Å². The summed E-state index contributed by atoms with van der Waals surface area (Å²) >= 11 is 1.80. The molecule has 2 N–H and O–H groups in total. The van der Waals surface area contributed by atoms with Crippen LogP contribution in [0.25, 0.3) is 0 Å². The van der Waals surface area contributed by atoms with E-state index in [-0.39, 0.29) is 0 Å². The number of aliphatic imine (C=N–C) groups is 1. The van der Waals surface area contributed by atoms with Crippen molar-refractivity contribution in [1.29, 1.82) is 0 Å². The van der Waals surface area contributed by atoms with Crippen molar-refractivity contribution in [1.82, 2.24) is 0 Å². The van der Waals surface area contributed by atoms with Gasteiger partial charge in [-0.3, -0.25) is 4.99 Å². The van der Waals surface area contributed by atoms with Crippen LogP contribution in [-0.2, 0) is 6.42 Å². The average Bonchev–Trinajstić information content (AvgIpc) is 2.90. The fourth-order valence-electron chi connectivity index (χ4n) is 2.10. The van der Waals surface area contributed by atoms with Gasteiger partial charge in [0.1, 0.15) is 0 Å². The second kappa shape index (κ2) is 5.31. The topological polar surface area (TPSA) is 38.4 Å². The Morgan fingerprint density at radius 3 is 2.93 bits per heavy atom. The number of nitrogens with zero attached hydrogens (tertiary/aromatic N) is 1. The van der Waals surface area contributed by atoms with Crippen LogP contribution in [0, 0.1) is 5.92 Å². The summed E-state index contributed by atoms with van der Waals surface area (Å²) in [6.07, 6.45) is 6.17. The van der Waals surface area contributed by atoms with Gasteiger partial charge in [0.15, 0.2) is 0 Å². The van der Waals surface area contributed by atoms with Crippen LogP contribution in [0.2, 0.25) is 0 Å². The van der Waals surface area contributed by atoms with Gasteiger partial charge < -0.3 is 5.73 Å². The molecule has 0 amide bonds. The molecule has 0 aliphatic heterocycles. The summed E-state index contributed by atoms with van der Waals surface area (Å²) in [6, 6.07) is 4.25. The van der Waals surface area contributed by atoms with Gasteiger partial charge in [0.2, 0.25) is 0 Å². The Labute approximate surface area is 95.2 Å². The van der Waals surface area contributed by atoms with Gasteiger partial charge in [0.25, 0.3) is 0 Å². The number of rotatable bonds is 4. The van der Waals surface area contributed by atoms with E-state index in [1.807, 2.05) is 0 Å². The normalized spacial score (nSPS) is 18.5. The largest absolute Gasteiger partial charge is 0.387 e. The van der Waals surface area contributed by atoms with Crippen LogP contribution in [0.3, 0.4) is 0 Å². The third kappa shape index (κ3) is 3.06. The minimum Gasteiger partial charge on any atom is -0.387 e. The molecule has 0 bridgehead atoms. The predicted octanol–water partition coefficient (Wildman–Crippen LogP) is 2.84. The molecule has 0 spiro atoms. The van der Waals surface area contributed by atoms with E-state index in [1.54, 1.807) is 11.3 Å². The molecule has 82 valence electrons. The molecule has 0 atom stereocenters. The Balaban J connectivity index is 1.78. The van der Waals surface area contributed by atoms with E-state index in [0.29, 0.717) is 5.92 Å². The Hall–Kier alpha value is -0.830. The number of nitrogens with two attached hydrogens (primary N) is 1. The van der Waals surface area contributed by atoms with E-state index in [0.717, 1.165) is 18.8 Å². The first-order valence-corrected chi connectivity index (χ1v) is 6.56. The molecular weight excluding hydrogens is 204 g/mol. The zero-order valence-electron chi connectivity index (χ0n) is 8.98. The van der Waals surface area contributed by atoms with Crippen molar-refractivity contribution in [3.8, 4) is 0 Å². The van der Waals surface area contributed by atoms with E-state index in [4.69, 9.17) is 5.73 Å². The minimum atomic E-state index is 0.577. The molecule has 1 saturated carbocycles. The lowest BCUT2D eigenvalue weighted by atomic mass is 10.1. The molecule has 1 fully saturated rings. The van der Waals surface area contributed by atoms with Crippen molar-refractivity contribution in [3.05, 3.63) is 22.4 Å². The fraction of sp³-hybridized carbons (Fsp3) is 0.583. The zero-order chi connectivity index (χ0) is 10.5. The van der Waals surface area contributed by atoms with E-state index >= 15 is 0 Å². The molecule has 2 rings (SSSR count). The van der Waals surface area contributed by atoms with E-state index in [9.17, 15) is 0 Å². The van der Waals surface area contributed by atoms with Crippen LogP contribution in [0.15, 0.2) is 22.5 Å². The van der Waals surface area contributed by atoms with Crippen molar-refractivity contribution in [2.75, 3.05) is 6.54 Å². The third-order valence-corrected chi connectivity index (χ3v) is 3.94. The first-order valence-electron chi connectivity index (χ1n) is 5.68. The SMILES string of the molecule is NC(=NCCc1cccs1)C1CCCC1. The van der Waals surface area contributed by atoms with Crippen molar-refractivity contribution < 1.29 is 0 Å². The van der Waals surface area contributed by atoms with Gasteiger partial charge in [0.05, 0.1) is 5.84 Å². The molecule has 0 radical (unpaired) electrons. The second-order valence-electron chi connectivity index (χ2n) is 4.12. The summed E-state index contributed by atoms with van der Waals surface area (Å²) in [5.41, 5.74) is 5.97. The van der Waals surface area contributed by atoms with Crippen LogP contribution in [-0.4, -0.2) is 12.4 Å². The van der Waals surface area contributed by atoms with E-state index < -0.39 is 0 Å². The molecule has 1 aliphatic rings. The lowest BCUT2D eigenvalue weighted by molar-refractivity contribution is 0.715. The zero-order valence-corrected chi connectivity index (χ0v) is 9.80. The average molecular weight is 222 g/mol. The predicted molar refractivity (Wildman–Crippen MR) is 66.5 cm³/mol. The molecule has 15 heavy (non-hydrogen) atoms. The standard InChI is InChI=1S/C12H18N2S/c13-12(10-4-1-2-5-10)14-8-7-11-6-3-9-15-11/h3,6,9-10H,1-2,4-5,7-8H2,(H2,13,14). The van der Waals surface area contributed by atoms with Crippen LogP contribution in [0.4, 0.5) is 0 Å². The minimum absolute atomic E-state index is 0.577. The van der Waals surface area contributed by atoms with Gasteiger partial charge >= 0.3 is 0 Å². The number of thiophene rings is 1. The van der Waals surface area contributed by atoms with Crippen LogP contribution in [0.5, 0.6) is 0 Å². The molecule has 0 unspecified atom stereocenters. The summed E-state index contributed by atoms with van der Waals surface area (Å²) in [5.74, 6) is 1.47. The summed E-state index contributed by atoms with van der Waals surface area (Å²) in [5, 5.41) is 2.11. The molecule has 1 aromatic heterocycles. The lowest BCUT2D eigenvalue weighted by Gasteiger charge is -2.07. The second-order valence-corrected chi connectivity index (χ2v) is 5.15. The van der Waals surface area contributed by atoms with Crippen molar-refractivity contribution in [2.45, 2.75) is 32.1 Å². The first-order chi connectivity index (χ1) is 7.36. The molecule has 0 aromatic carbocycles. The summed E-state index contributed by atoms with van der Waals surface area (Å²) in [6.45, 7) is 0.850. The molecule has 3 heteroatoms. The molecule has 1 aliphatic carbocycles. The fourth-order valence-corrected chi connectivity index (χ4v) is 2.80. The molecule has 0 saturated heterocycles. The molecule has 1 aromatic rings. The summed E-state index contributed by atoms with van der Waals surface area (Å²) in [7, 11) is 0. The highest BCUT2D eigenvalue weighted by atomic mass is 32.1.